The number of ether oxygens (including phenoxy) is 1. The number of carboxylic acid groups (broad SMARTS) is 1. The fourth-order valence-electron chi connectivity index (χ4n) is 13.3. The molecule has 0 radical (unpaired) electrons. The Morgan fingerprint density at radius 3 is 2.41 bits per heavy atom. The van der Waals surface area contributed by atoms with Crippen LogP contribution in [0.2, 0.25) is 0 Å². The number of nitrogens with zero attached hydrogens (tertiary/aromatic N) is 7. The van der Waals surface area contributed by atoms with Crippen LogP contribution in [0.4, 0.5) is 10.9 Å². The largest absolute Gasteiger partial charge is 0.476 e. The van der Waals surface area contributed by atoms with Gasteiger partial charge in [0.05, 0.1) is 34.4 Å². The van der Waals surface area contributed by atoms with Gasteiger partial charge >= 0.3 is 5.97 Å². The minimum atomic E-state index is -4.36. The van der Waals surface area contributed by atoms with Crippen LogP contribution >= 0.6 is 11.3 Å². The number of carbonyl (C=O) groups is 5. The summed E-state index contributed by atoms with van der Waals surface area (Å²) in [6.45, 7) is 12.9. The average Bonchev–Trinajstić information content (AvgIpc) is 4.07. The van der Waals surface area contributed by atoms with Crippen molar-refractivity contribution < 1.29 is 46.8 Å². The Bertz CT molecular complexity index is 3170. The number of thiazole rings is 1. The van der Waals surface area contributed by atoms with E-state index in [1.54, 1.807) is 18.3 Å². The molecular weight excluding hydrogens is 1010 g/mol. The van der Waals surface area contributed by atoms with Crippen molar-refractivity contribution in [2.24, 2.45) is 16.2 Å². The molecule has 4 aliphatic rings. The lowest BCUT2D eigenvalue weighted by atomic mass is 9.47. The van der Waals surface area contributed by atoms with Crippen LogP contribution in [0.1, 0.15) is 130 Å². The standard InChI is InChI=1S/C56H68N8O10S2/c1-6-55(33-54(5)31-53(3,4)32-56(34-54,35-55)74-27-25-61(26-28-76(71,72)73)46(65)17-8-7-11-23-63-47(66)20-21-48(63)67)36-64-37(2)41(29-57-64)39-18-19-45(59-49(39)51(69)70)62-24-22-38-13-12-14-40(42(38)30-62)50(68)60-52-58-43-15-9-10-16-44(43)75-52/h9-10,12-16,18-21,29H,6-8,11,17,22-28,30-36H2,1-5H3,(H,69,70)(H,58,60,68)(H,71,72,73). The fraction of sp³-hybridized carbons (Fsp3) is 0.500. The number of amides is 4. The van der Waals surface area contributed by atoms with Crippen LogP contribution in [0, 0.1) is 23.2 Å². The molecule has 2 aliphatic carbocycles. The highest BCUT2D eigenvalue weighted by Crippen LogP contribution is 2.64. The zero-order valence-electron chi connectivity index (χ0n) is 44.0. The Morgan fingerprint density at radius 2 is 1.67 bits per heavy atom. The van der Waals surface area contributed by atoms with Crippen molar-refractivity contribution in [1.82, 2.24) is 29.5 Å². The van der Waals surface area contributed by atoms with Gasteiger partial charge in [0, 0.05) is 80.2 Å². The second-order valence-electron chi connectivity index (χ2n) is 22.6. The maximum absolute atomic E-state index is 13.7. The summed E-state index contributed by atoms with van der Waals surface area (Å²) in [6, 6.07) is 17.1. The number of carboxylic acids is 1. The van der Waals surface area contributed by atoms with E-state index in [9.17, 15) is 42.0 Å². The number of unbranched alkanes of at least 4 members (excludes halogenated alkanes) is 2. The molecule has 404 valence electrons. The van der Waals surface area contributed by atoms with Gasteiger partial charge in [-0.25, -0.2) is 14.8 Å². The average molecular weight is 1080 g/mol. The van der Waals surface area contributed by atoms with Crippen molar-refractivity contribution in [2.45, 2.75) is 124 Å². The van der Waals surface area contributed by atoms with Crippen LogP contribution in [0.5, 0.6) is 0 Å². The highest BCUT2D eigenvalue weighted by molar-refractivity contribution is 7.85. The van der Waals surface area contributed by atoms with Gasteiger partial charge in [0.15, 0.2) is 10.8 Å². The van der Waals surface area contributed by atoms with E-state index in [0.717, 1.165) is 64.0 Å². The molecule has 20 heteroatoms. The Labute approximate surface area is 447 Å². The molecule has 2 fully saturated rings. The van der Waals surface area contributed by atoms with E-state index in [2.05, 4.69) is 38.0 Å². The summed E-state index contributed by atoms with van der Waals surface area (Å²) in [5.74, 6) is -2.52. The van der Waals surface area contributed by atoms with E-state index < -0.39 is 27.4 Å². The molecule has 2 saturated carbocycles. The minimum absolute atomic E-state index is 0.0544. The number of carbonyl (C=O) groups excluding carboxylic acids is 4. The molecule has 18 nitrogen and oxygen atoms in total. The zero-order valence-corrected chi connectivity index (χ0v) is 45.6. The lowest BCUT2D eigenvalue weighted by Crippen LogP contribution is -2.58. The molecule has 3 atom stereocenters. The van der Waals surface area contributed by atoms with Crippen LogP contribution in [0.15, 0.2) is 72.9 Å². The minimum Gasteiger partial charge on any atom is -0.476 e. The number of nitrogens with one attached hydrogen (secondary N) is 1. The first-order valence-electron chi connectivity index (χ1n) is 26.3. The summed E-state index contributed by atoms with van der Waals surface area (Å²) in [6.07, 6.45) is 11.6. The van der Waals surface area contributed by atoms with Gasteiger partial charge < -0.3 is 19.6 Å². The van der Waals surface area contributed by atoms with Gasteiger partial charge in [-0.2, -0.15) is 13.5 Å². The third-order valence-electron chi connectivity index (χ3n) is 15.9. The smallest absolute Gasteiger partial charge is 0.355 e. The van der Waals surface area contributed by atoms with E-state index in [0.29, 0.717) is 79.4 Å². The fourth-order valence-corrected chi connectivity index (χ4v) is 14.6. The van der Waals surface area contributed by atoms with Crippen LogP contribution in [0.3, 0.4) is 0 Å². The molecule has 9 rings (SSSR count). The maximum atomic E-state index is 13.7. The normalized spacial score (nSPS) is 22.0. The first kappa shape index (κ1) is 54.4. The molecule has 5 heterocycles. The Morgan fingerprint density at radius 1 is 0.895 bits per heavy atom. The topological polar surface area (TPSA) is 235 Å². The van der Waals surface area contributed by atoms with Gasteiger partial charge in [0.2, 0.25) is 5.91 Å². The van der Waals surface area contributed by atoms with Crippen molar-refractivity contribution in [1.29, 1.82) is 0 Å². The molecule has 76 heavy (non-hydrogen) atoms. The van der Waals surface area contributed by atoms with Gasteiger partial charge in [-0.15, -0.1) is 0 Å². The van der Waals surface area contributed by atoms with E-state index >= 15 is 0 Å². The number of aromatic carboxylic acids is 1. The summed E-state index contributed by atoms with van der Waals surface area (Å²) in [7, 11) is -4.36. The SMILES string of the molecule is CCC1(Cn2ncc(-c3ccc(N4CCc5cccc(C(=O)Nc6nc7ccccc7s6)c5C4)nc3C(=O)O)c2C)CC2(C)CC(C)(C)CC(OCCN(CCS(=O)(=O)O)C(=O)CCCCCN3C(=O)C=CC3=O)(C2)C1. The van der Waals surface area contributed by atoms with Crippen LogP contribution in [0.25, 0.3) is 21.3 Å². The highest BCUT2D eigenvalue weighted by atomic mass is 32.2. The van der Waals surface area contributed by atoms with Gasteiger partial charge in [-0.3, -0.25) is 38.6 Å². The lowest BCUT2D eigenvalue weighted by molar-refractivity contribution is -0.199. The molecule has 2 aliphatic heterocycles. The summed E-state index contributed by atoms with van der Waals surface area (Å²) in [5.41, 5.74) is 4.07. The summed E-state index contributed by atoms with van der Waals surface area (Å²) < 4.78 is 43.4. The second-order valence-corrected chi connectivity index (χ2v) is 25.2. The van der Waals surface area contributed by atoms with Crippen LogP contribution in [-0.2, 0) is 48.7 Å². The Kier molecular flexibility index (Phi) is 15.5. The molecule has 5 aromatic rings. The number of benzene rings is 2. The van der Waals surface area contributed by atoms with E-state index in [1.165, 1.54) is 28.4 Å². The monoisotopic (exact) mass is 1080 g/mol. The number of pyridine rings is 1. The van der Waals surface area contributed by atoms with E-state index in [4.69, 9.17) is 14.8 Å². The molecule has 3 aromatic heterocycles. The van der Waals surface area contributed by atoms with Gasteiger partial charge in [0.1, 0.15) is 5.82 Å². The second kappa shape index (κ2) is 21.6. The number of para-hydroxylation sites is 1. The molecular formula is C56H68N8O10S2. The number of aromatic nitrogens is 4. The van der Waals surface area contributed by atoms with Crippen molar-refractivity contribution in [3.8, 4) is 11.1 Å². The molecule has 0 spiro atoms. The third-order valence-corrected chi connectivity index (χ3v) is 17.6. The maximum Gasteiger partial charge on any atom is 0.355 e. The summed E-state index contributed by atoms with van der Waals surface area (Å²) >= 11 is 1.41. The number of imide groups is 1. The van der Waals surface area contributed by atoms with E-state index in [-0.39, 0.29) is 78.2 Å². The first-order valence-corrected chi connectivity index (χ1v) is 28.7. The van der Waals surface area contributed by atoms with Crippen molar-refractivity contribution in [2.75, 3.05) is 48.8 Å². The lowest BCUT2D eigenvalue weighted by Gasteiger charge is -2.62. The first-order chi connectivity index (χ1) is 36.1. The Hall–Kier alpha value is -6.35. The quantitative estimate of drug-likeness (QED) is 0.0354. The molecule has 0 saturated heterocycles. The molecule has 3 N–H and O–H groups in total. The Balaban J connectivity index is 0.890. The number of fused-ring (bicyclic) bond motifs is 4. The number of hydrogen-bond acceptors (Lipinski definition) is 13. The van der Waals surface area contributed by atoms with Crippen molar-refractivity contribution in [3.05, 3.63) is 101 Å². The van der Waals surface area contributed by atoms with Gasteiger partial charge in [-0.05, 0) is 122 Å². The predicted octanol–water partition coefficient (Wildman–Crippen LogP) is 8.74. The van der Waals surface area contributed by atoms with Gasteiger partial charge in [-0.1, -0.05) is 69.7 Å². The summed E-state index contributed by atoms with van der Waals surface area (Å²) in [4.78, 5) is 78.3. The molecule has 3 unspecified atom stereocenters. The van der Waals surface area contributed by atoms with Crippen LogP contribution in [-0.4, -0.2) is 121 Å². The van der Waals surface area contributed by atoms with E-state index in [1.807, 2.05) is 59.0 Å². The molecule has 4 amide bonds. The van der Waals surface area contributed by atoms with Crippen molar-refractivity contribution >= 4 is 72.2 Å². The molecule has 2 aromatic carbocycles. The van der Waals surface area contributed by atoms with Gasteiger partial charge in [0.25, 0.3) is 27.8 Å². The van der Waals surface area contributed by atoms with Crippen molar-refractivity contribution in [3.63, 3.8) is 0 Å². The van der Waals surface area contributed by atoms with Crippen LogP contribution < -0.4 is 10.2 Å². The summed E-state index contributed by atoms with van der Waals surface area (Å²) in [5, 5.41) is 19.1. The predicted molar refractivity (Wildman–Crippen MR) is 290 cm³/mol. The third kappa shape index (κ3) is 12.1. The number of hydrogen-bond donors (Lipinski definition) is 3. The highest BCUT2D eigenvalue weighted by Gasteiger charge is 2.59. The number of rotatable bonds is 21. The zero-order chi connectivity index (χ0) is 54.2. The number of anilines is 2. The molecule has 2 bridgehead atoms.